The maximum atomic E-state index is 13.0. The highest BCUT2D eigenvalue weighted by Crippen LogP contribution is 2.27. The molecular weight excluding hydrogens is 392 g/mol. The minimum atomic E-state index is 0.0432. The van der Waals surface area contributed by atoms with Gasteiger partial charge in [0.1, 0.15) is 17.4 Å². The molecule has 0 bridgehead atoms. The van der Waals surface area contributed by atoms with Gasteiger partial charge < -0.3 is 9.64 Å². The molecule has 0 saturated heterocycles. The van der Waals surface area contributed by atoms with Gasteiger partial charge in [-0.15, -0.1) is 11.3 Å². The van der Waals surface area contributed by atoms with Crippen molar-refractivity contribution < 1.29 is 9.53 Å². The highest BCUT2D eigenvalue weighted by Gasteiger charge is 2.21. The molecule has 0 fully saturated rings. The van der Waals surface area contributed by atoms with Gasteiger partial charge >= 0.3 is 0 Å². The van der Waals surface area contributed by atoms with Crippen molar-refractivity contribution in [3.05, 3.63) is 81.8 Å². The van der Waals surface area contributed by atoms with Gasteiger partial charge in [-0.3, -0.25) is 4.79 Å². The van der Waals surface area contributed by atoms with Crippen LogP contribution in [0.5, 0.6) is 5.75 Å². The van der Waals surface area contributed by atoms with Crippen LogP contribution in [0.4, 0.5) is 0 Å². The fourth-order valence-electron chi connectivity index (χ4n) is 3.29. The van der Waals surface area contributed by atoms with Crippen LogP contribution in [0.1, 0.15) is 66.7 Å². The Balaban J connectivity index is 1.69. The Bertz CT molecular complexity index is 953. The first-order chi connectivity index (χ1) is 14.5. The zero-order chi connectivity index (χ0) is 21.5. The predicted octanol–water partition coefficient (Wildman–Crippen LogP) is 6.29. The van der Waals surface area contributed by atoms with Crippen LogP contribution in [0, 0.1) is 0 Å². The third kappa shape index (κ3) is 5.48. The number of thiazole rings is 1. The van der Waals surface area contributed by atoms with Crippen LogP contribution in [-0.4, -0.2) is 21.8 Å². The summed E-state index contributed by atoms with van der Waals surface area (Å²) < 4.78 is 6.06. The SMILES string of the molecule is CCC(C)N(Cc1csc(COc2ccccc2C(C)C)n1)C(=O)c1ccccc1. The second-order valence-electron chi connectivity index (χ2n) is 7.77. The standard InChI is InChI=1S/C25H30N2O2S/c1-5-19(4)27(25(28)20-11-7-6-8-12-20)15-21-17-30-24(26-21)16-29-23-14-10-9-13-22(23)18(2)3/h6-14,17-19H,5,15-16H2,1-4H3. The van der Waals surface area contributed by atoms with Crippen molar-refractivity contribution in [2.24, 2.45) is 0 Å². The number of carbonyl (C=O) groups is 1. The Morgan fingerprint density at radius 3 is 2.47 bits per heavy atom. The van der Waals surface area contributed by atoms with E-state index >= 15 is 0 Å². The maximum absolute atomic E-state index is 13.0. The number of aromatic nitrogens is 1. The van der Waals surface area contributed by atoms with E-state index in [0.29, 0.717) is 24.6 Å². The van der Waals surface area contributed by atoms with Gasteiger partial charge in [0.05, 0.1) is 12.2 Å². The number of ether oxygens (including phenoxy) is 1. The first-order valence-electron chi connectivity index (χ1n) is 10.5. The molecule has 2 aromatic carbocycles. The monoisotopic (exact) mass is 422 g/mol. The van der Waals surface area contributed by atoms with Crippen LogP contribution in [0.25, 0.3) is 0 Å². The molecule has 30 heavy (non-hydrogen) atoms. The number of hydrogen-bond donors (Lipinski definition) is 0. The second-order valence-corrected chi connectivity index (χ2v) is 8.71. The Labute approximate surface area is 183 Å². The van der Waals surface area contributed by atoms with Gasteiger partial charge in [-0.2, -0.15) is 0 Å². The maximum Gasteiger partial charge on any atom is 0.254 e. The van der Waals surface area contributed by atoms with E-state index in [1.54, 1.807) is 11.3 Å². The molecule has 1 unspecified atom stereocenters. The Hall–Kier alpha value is -2.66. The van der Waals surface area contributed by atoms with Crippen molar-refractivity contribution in [2.75, 3.05) is 0 Å². The summed E-state index contributed by atoms with van der Waals surface area (Å²) in [7, 11) is 0. The molecule has 0 saturated carbocycles. The predicted molar refractivity (Wildman–Crippen MR) is 123 cm³/mol. The van der Waals surface area contributed by atoms with Crippen molar-refractivity contribution in [3.8, 4) is 5.75 Å². The fraction of sp³-hybridized carbons (Fsp3) is 0.360. The summed E-state index contributed by atoms with van der Waals surface area (Å²) >= 11 is 1.58. The molecule has 0 N–H and O–H groups in total. The van der Waals surface area contributed by atoms with E-state index in [1.165, 1.54) is 5.56 Å². The zero-order valence-corrected chi connectivity index (χ0v) is 19.0. The Morgan fingerprint density at radius 2 is 1.77 bits per heavy atom. The van der Waals surface area contributed by atoms with Crippen LogP contribution in [0.3, 0.4) is 0 Å². The van der Waals surface area contributed by atoms with Crippen molar-refractivity contribution in [3.63, 3.8) is 0 Å². The highest BCUT2D eigenvalue weighted by molar-refractivity contribution is 7.09. The van der Waals surface area contributed by atoms with Gasteiger partial charge in [-0.25, -0.2) is 4.98 Å². The smallest absolute Gasteiger partial charge is 0.254 e. The molecule has 1 atom stereocenters. The third-order valence-corrected chi connectivity index (χ3v) is 6.10. The number of amides is 1. The molecule has 1 aromatic heterocycles. The van der Waals surface area contributed by atoms with Crippen LogP contribution < -0.4 is 4.74 Å². The number of hydrogen-bond acceptors (Lipinski definition) is 4. The van der Waals surface area contributed by atoms with E-state index in [1.807, 2.05) is 58.8 Å². The van der Waals surface area contributed by atoms with E-state index < -0.39 is 0 Å². The van der Waals surface area contributed by atoms with Crippen LogP contribution in [0.2, 0.25) is 0 Å². The van der Waals surface area contributed by atoms with E-state index in [4.69, 9.17) is 9.72 Å². The number of para-hydroxylation sites is 1. The number of benzene rings is 2. The lowest BCUT2D eigenvalue weighted by Crippen LogP contribution is -2.37. The fourth-order valence-corrected chi connectivity index (χ4v) is 3.98. The average molecular weight is 423 g/mol. The highest BCUT2D eigenvalue weighted by atomic mass is 32.1. The molecule has 0 aliphatic carbocycles. The third-order valence-electron chi connectivity index (χ3n) is 5.23. The van der Waals surface area contributed by atoms with Gasteiger partial charge in [0.2, 0.25) is 0 Å². The molecule has 1 heterocycles. The summed E-state index contributed by atoms with van der Waals surface area (Å²) in [5.41, 5.74) is 2.81. The van der Waals surface area contributed by atoms with Crippen molar-refractivity contribution >= 4 is 17.2 Å². The summed E-state index contributed by atoms with van der Waals surface area (Å²) in [6.45, 7) is 9.45. The number of carbonyl (C=O) groups excluding carboxylic acids is 1. The summed E-state index contributed by atoms with van der Waals surface area (Å²) in [5.74, 6) is 1.35. The Morgan fingerprint density at radius 1 is 1.07 bits per heavy atom. The molecule has 0 aliphatic rings. The molecule has 1 amide bonds. The minimum absolute atomic E-state index is 0.0432. The number of rotatable bonds is 9. The molecule has 0 aliphatic heterocycles. The van der Waals surface area contributed by atoms with Crippen LogP contribution in [0.15, 0.2) is 60.0 Å². The van der Waals surface area contributed by atoms with Crippen LogP contribution in [-0.2, 0) is 13.2 Å². The first kappa shape index (κ1) is 22.0. The molecule has 5 heteroatoms. The normalized spacial score (nSPS) is 12.0. The topological polar surface area (TPSA) is 42.4 Å². The van der Waals surface area contributed by atoms with Gasteiger partial charge in [0.25, 0.3) is 5.91 Å². The lowest BCUT2D eigenvalue weighted by atomic mass is 10.0. The average Bonchev–Trinajstić information content (AvgIpc) is 3.23. The quantitative estimate of drug-likeness (QED) is 0.407. The van der Waals surface area contributed by atoms with Gasteiger partial charge in [-0.05, 0) is 43.0 Å². The lowest BCUT2D eigenvalue weighted by Gasteiger charge is -2.28. The minimum Gasteiger partial charge on any atom is -0.486 e. The molecule has 0 spiro atoms. The lowest BCUT2D eigenvalue weighted by molar-refractivity contribution is 0.0669. The molecular formula is C25H30N2O2S. The summed E-state index contributed by atoms with van der Waals surface area (Å²) in [5, 5.41) is 2.94. The second kappa shape index (κ2) is 10.4. The van der Waals surface area contributed by atoms with E-state index in [0.717, 1.165) is 22.9 Å². The molecule has 3 aromatic rings. The van der Waals surface area contributed by atoms with Crippen molar-refractivity contribution in [1.82, 2.24) is 9.88 Å². The van der Waals surface area contributed by atoms with Crippen LogP contribution >= 0.6 is 11.3 Å². The summed E-state index contributed by atoms with van der Waals surface area (Å²) in [6, 6.07) is 17.7. The van der Waals surface area contributed by atoms with E-state index in [2.05, 4.69) is 33.8 Å². The van der Waals surface area contributed by atoms with Gasteiger partial charge in [-0.1, -0.05) is 57.2 Å². The van der Waals surface area contributed by atoms with Gasteiger partial charge in [0.15, 0.2) is 0 Å². The summed E-state index contributed by atoms with van der Waals surface area (Å²) in [6.07, 6.45) is 0.894. The summed E-state index contributed by atoms with van der Waals surface area (Å²) in [4.78, 5) is 19.7. The first-order valence-corrected chi connectivity index (χ1v) is 11.4. The van der Waals surface area contributed by atoms with Gasteiger partial charge in [0, 0.05) is 17.0 Å². The molecule has 3 rings (SSSR count). The molecule has 158 valence electrons. The Kier molecular flexibility index (Phi) is 7.63. The van der Waals surface area contributed by atoms with E-state index in [9.17, 15) is 4.79 Å². The van der Waals surface area contributed by atoms with Crippen molar-refractivity contribution in [1.29, 1.82) is 0 Å². The largest absolute Gasteiger partial charge is 0.486 e. The zero-order valence-electron chi connectivity index (χ0n) is 18.2. The van der Waals surface area contributed by atoms with E-state index in [-0.39, 0.29) is 11.9 Å². The molecule has 0 radical (unpaired) electrons. The molecule has 4 nitrogen and oxygen atoms in total. The van der Waals surface area contributed by atoms with Crippen molar-refractivity contribution in [2.45, 2.75) is 59.2 Å². The number of nitrogens with zero attached hydrogens (tertiary/aromatic N) is 2.